The Kier molecular flexibility index (Phi) is 10.1. The monoisotopic (exact) mass is 578 g/mol. The van der Waals surface area contributed by atoms with Crippen molar-refractivity contribution in [2.75, 3.05) is 6.61 Å². The number of rotatable bonds is 12. The minimum absolute atomic E-state index is 0.227. The van der Waals surface area contributed by atoms with Crippen LogP contribution in [-0.4, -0.2) is 35.3 Å². The summed E-state index contributed by atoms with van der Waals surface area (Å²) in [4.78, 5) is 42.7. The molecule has 224 valence electrons. The SMILES string of the molecule is CCCC1CCC(c2ccc(C(=O)COC(=O)[C@H](Cc3c[nH]c4ccccc34)NC(=O)c3ccc(CC)cc3)cc2)CC1. The summed E-state index contributed by atoms with van der Waals surface area (Å²) < 4.78 is 5.52. The second kappa shape index (κ2) is 14.3. The van der Waals surface area contributed by atoms with Crippen molar-refractivity contribution < 1.29 is 19.1 Å². The van der Waals surface area contributed by atoms with Crippen LogP contribution in [0.25, 0.3) is 10.9 Å². The molecule has 0 unspecified atom stereocenters. The summed E-state index contributed by atoms with van der Waals surface area (Å²) in [5, 5.41) is 3.82. The third kappa shape index (κ3) is 7.61. The van der Waals surface area contributed by atoms with Crippen molar-refractivity contribution in [1.82, 2.24) is 10.3 Å². The average Bonchev–Trinajstić information content (AvgIpc) is 3.46. The smallest absolute Gasteiger partial charge is 0.329 e. The normalized spacial score (nSPS) is 17.3. The van der Waals surface area contributed by atoms with Crippen LogP contribution >= 0.6 is 0 Å². The minimum atomic E-state index is -0.962. The molecule has 0 spiro atoms. The zero-order chi connectivity index (χ0) is 30.2. The van der Waals surface area contributed by atoms with Gasteiger partial charge in [-0.3, -0.25) is 9.59 Å². The Morgan fingerprint density at radius 1 is 0.884 bits per heavy atom. The van der Waals surface area contributed by atoms with Gasteiger partial charge in [-0.15, -0.1) is 0 Å². The Morgan fingerprint density at radius 3 is 2.28 bits per heavy atom. The van der Waals surface area contributed by atoms with Gasteiger partial charge in [-0.1, -0.05) is 81.3 Å². The van der Waals surface area contributed by atoms with E-state index in [1.165, 1.54) is 44.1 Å². The van der Waals surface area contributed by atoms with Crippen LogP contribution in [-0.2, 0) is 22.4 Å². The molecule has 1 heterocycles. The lowest BCUT2D eigenvalue weighted by molar-refractivity contribution is -0.144. The highest BCUT2D eigenvalue weighted by atomic mass is 16.5. The van der Waals surface area contributed by atoms with Crippen LogP contribution in [0.1, 0.15) is 95.7 Å². The standard InChI is InChI=1S/C37H42N2O4/c1-3-7-26-12-14-27(15-13-26)28-18-20-29(21-19-28)35(40)24-43-37(42)34(22-31-23-38-33-9-6-5-8-32(31)33)39-36(41)30-16-10-25(4-2)11-17-30/h5-6,8-11,16-21,23,26-27,34,38H,3-4,7,12-15,22,24H2,1-2H3,(H,39,41)/t26?,27?,34-/m0/s1. The number of benzene rings is 3. The molecule has 43 heavy (non-hydrogen) atoms. The molecule has 3 aromatic carbocycles. The number of nitrogens with one attached hydrogen (secondary N) is 2. The summed E-state index contributed by atoms with van der Waals surface area (Å²) in [6.07, 6.45) is 10.4. The van der Waals surface area contributed by atoms with E-state index in [4.69, 9.17) is 4.74 Å². The Morgan fingerprint density at radius 2 is 1.58 bits per heavy atom. The maximum atomic E-state index is 13.3. The van der Waals surface area contributed by atoms with E-state index in [9.17, 15) is 14.4 Å². The molecule has 2 N–H and O–H groups in total. The third-order valence-corrected chi connectivity index (χ3v) is 8.91. The molecule has 0 saturated heterocycles. The zero-order valence-corrected chi connectivity index (χ0v) is 25.2. The summed E-state index contributed by atoms with van der Waals surface area (Å²) in [5.74, 6) is 0.122. The lowest BCUT2D eigenvalue weighted by Crippen LogP contribution is -2.43. The number of ether oxygens (including phenoxy) is 1. The summed E-state index contributed by atoms with van der Waals surface area (Å²) in [5.41, 5.74) is 5.20. The quantitative estimate of drug-likeness (QED) is 0.134. The van der Waals surface area contributed by atoms with Crippen LogP contribution in [0.4, 0.5) is 0 Å². The second-order valence-electron chi connectivity index (χ2n) is 11.8. The Bertz CT molecular complexity index is 1530. The Balaban J connectivity index is 1.23. The molecule has 1 atom stereocenters. The molecule has 4 aromatic rings. The van der Waals surface area contributed by atoms with Gasteiger partial charge in [0.1, 0.15) is 6.04 Å². The number of H-pyrrole nitrogens is 1. The van der Waals surface area contributed by atoms with Crippen molar-refractivity contribution in [3.8, 4) is 0 Å². The number of hydrogen-bond acceptors (Lipinski definition) is 4. The largest absolute Gasteiger partial charge is 0.456 e. The van der Waals surface area contributed by atoms with Crippen molar-refractivity contribution in [1.29, 1.82) is 0 Å². The van der Waals surface area contributed by atoms with Gasteiger partial charge in [-0.2, -0.15) is 0 Å². The molecule has 1 saturated carbocycles. The topological polar surface area (TPSA) is 88.3 Å². The van der Waals surface area contributed by atoms with Gasteiger partial charge in [0.25, 0.3) is 5.91 Å². The van der Waals surface area contributed by atoms with Gasteiger partial charge in [0.05, 0.1) is 0 Å². The lowest BCUT2D eigenvalue weighted by atomic mass is 9.77. The number of Topliss-reactive ketones (excluding diaryl/α,β-unsaturated/α-hetero) is 1. The van der Waals surface area contributed by atoms with Crippen LogP contribution in [0.2, 0.25) is 0 Å². The Labute approximate surface area is 254 Å². The first kappa shape index (κ1) is 30.3. The fraction of sp³-hybridized carbons (Fsp3) is 0.378. The van der Waals surface area contributed by atoms with Gasteiger partial charge in [0, 0.05) is 34.6 Å². The predicted molar refractivity (Wildman–Crippen MR) is 170 cm³/mol. The summed E-state index contributed by atoms with van der Waals surface area (Å²) in [6.45, 7) is 3.92. The molecule has 6 heteroatoms. The number of aromatic nitrogens is 1. The van der Waals surface area contributed by atoms with Gasteiger partial charge in [-0.25, -0.2) is 4.79 Å². The van der Waals surface area contributed by atoms with Gasteiger partial charge in [-0.05, 0) is 78.8 Å². The van der Waals surface area contributed by atoms with E-state index in [1.807, 2.05) is 66.9 Å². The highest BCUT2D eigenvalue weighted by molar-refractivity contribution is 5.99. The summed E-state index contributed by atoms with van der Waals surface area (Å²) in [7, 11) is 0. The first-order chi connectivity index (χ1) is 20.9. The molecule has 1 aliphatic carbocycles. The molecular weight excluding hydrogens is 536 g/mol. The molecule has 5 rings (SSSR count). The van der Waals surface area contributed by atoms with Gasteiger partial charge in [0.15, 0.2) is 12.4 Å². The molecule has 1 amide bonds. The van der Waals surface area contributed by atoms with Crippen LogP contribution in [0.5, 0.6) is 0 Å². The number of hydrogen-bond donors (Lipinski definition) is 2. The number of esters is 1. The Hall–Kier alpha value is -4.19. The first-order valence-electron chi connectivity index (χ1n) is 15.7. The minimum Gasteiger partial charge on any atom is -0.456 e. The average molecular weight is 579 g/mol. The van der Waals surface area contributed by atoms with Gasteiger partial charge >= 0.3 is 5.97 Å². The number of fused-ring (bicyclic) bond motifs is 1. The van der Waals surface area contributed by atoms with Crippen molar-refractivity contribution in [3.05, 3.63) is 107 Å². The van der Waals surface area contributed by atoms with Crippen molar-refractivity contribution in [2.45, 2.75) is 77.2 Å². The van der Waals surface area contributed by atoms with Gasteiger partial charge < -0.3 is 15.0 Å². The summed E-state index contributed by atoms with van der Waals surface area (Å²) >= 11 is 0. The lowest BCUT2D eigenvalue weighted by Gasteiger charge is -2.28. The van der Waals surface area contributed by atoms with E-state index < -0.39 is 12.0 Å². The van der Waals surface area contributed by atoms with E-state index in [0.29, 0.717) is 17.0 Å². The van der Waals surface area contributed by atoms with E-state index in [1.54, 1.807) is 12.1 Å². The molecule has 1 aromatic heterocycles. The number of para-hydroxylation sites is 1. The number of ketones is 1. The molecule has 0 radical (unpaired) electrons. The van der Waals surface area contributed by atoms with Crippen molar-refractivity contribution >= 4 is 28.6 Å². The number of amides is 1. The van der Waals surface area contributed by atoms with Crippen LogP contribution in [0.15, 0.2) is 79.0 Å². The molecular formula is C37H42N2O4. The van der Waals surface area contributed by atoms with E-state index in [0.717, 1.165) is 34.4 Å². The van der Waals surface area contributed by atoms with Crippen molar-refractivity contribution in [3.63, 3.8) is 0 Å². The molecule has 0 aliphatic heterocycles. The van der Waals surface area contributed by atoms with E-state index in [2.05, 4.69) is 24.1 Å². The highest BCUT2D eigenvalue weighted by Crippen LogP contribution is 2.37. The van der Waals surface area contributed by atoms with Gasteiger partial charge in [0.2, 0.25) is 0 Å². The number of carbonyl (C=O) groups is 3. The molecule has 1 fully saturated rings. The first-order valence-corrected chi connectivity index (χ1v) is 15.7. The van der Waals surface area contributed by atoms with Crippen LogP contribution in [0, 0.1) is 5.92 Å². The predicted octanol–water partition coefficient (Wildman–Crippen LogP) is 7.57. The number of aryl methyl sites for hydroxylation is 1. The highest BCUT2D eigenvalue weighted by Gasteiger charge is 2.26. The fourth-order valence-electron chi connectivity index (χ4n) is 6.30. The third-order valence-electron chi connectivity index (χ3n) is 8.91. The summed E-state index contributed by atoms with van der Waals surface area (Å²) in [6, 6.07) is 21.9. The van der Waals surface area contributed by atoms with Crippen LogP contribution < -0.4 is 5.32 Å². The second-order valence-corrected chi connectivity index (χ2v) is 11.8. The zero-order valence-electron chi connectivity index (χ0n) is 25.2. The maximum absolute atomic E-state index is 13.3. The van der Waals surface area contributed by atoms with E-state index in [-0.39, 0.29) is 24.7 Å². The molecule has 0 bridgehead atoms. The number of carbonyl (C=O) groups excluding carboxylic acids is 3. The molecule has 1 aliphatic rings. The maximum Gasteiger partial charge on any atom is 0.329 e. The molecule has 6 nitrogen and oxygen atoms in total. The van der Waals surface area contributed by atoms with Crippen molar-refractivity contribution in [2.24, 2.45) is 5.92 Å². The number of aromatic amines is 1. The fourth-order valence-corrected chi connectivity index (χ4v) is 6.30. The van der Waals surface area contributed by atoms with E-state index >= 15 is 0 Å². The van der Waals surface area contributed by atoms with Crippen LogP contribution in [0.3, 0.4) is 0 Å².